The third-order valence-electron chi connectivity index (χ3n) is 2.77. The molecular weight excluding hydrogens is 281 g/mol. The van der Waals surface area contributed by atoms with Gasteiger partial charge in [0, 0.05) is 4.47 Å². The summed E-state index contributed by atoms with van der Waals surface area (Å²) in [5.41, 5.74) is 8.70. The van der Waals surface area contributed by atoms with Crippen molar-refractivity contribution < 1.29 is 4.39 Å². The molecule has 1 atom stereocenters. The Balaban J connectivity index is 2.33. The molecule has 0 aromatic heterocycles. The highest BCUT2D eigenvalue weighted by molar-refractivity contribution is 9.10. The molecule has 1 unspecified atom stereocenters. The predicted molar refractivity (Wildman–Crippen MR) is 71.3 cm³/mol. The average Bonchev–Trinajstić information content (AvgIpc) is 2.33. The van der Waals surface area contributed by atoms with E-state index < -0.39 is 0 Å². The standard InChI is InChI=1S/C14H13BrFN/c1-9-8-11(4-7-13(9)16)14(17)10-2-5-12(15)6-3-10/h2-8,14H,17H2,1H3. The van der Waals surface area contributed by atoms with E-state index in [9.17, 15) is 4.39 Å². The van der Waals surface area contributed by atoms with Crippen molar-refractivity contribution in [3.05, 3.63) is 69.4 Å². The summed E-state index contributed by atoms with van der Waals surface area (Å²) in [5.74, 6) is -0.197. The van der Waals surface area contributed by atoms with Crippen LogP contribution in [0, 0.1) is 12.7 Å². The van der Waals surface area contributed by atoms with Crippen LogP contribution in [0.15, 0.2) is 46.9 Å². The highest BCUT2D eigenvalue weighted by Gasteiger charge is 2.10. The third-order valence-corrected chi connectivity index (χ3v) is 3.30. The van der Waals surface area contributed by atoms with Crippen LogP contribution in [-0.4, -0.2) is 0 Å². The minimum atomic E-state index is -0.220. The van der Waals surface area contributed by atoms with Gasteiger partial charge in [0.1, 0.15) is 5.82 Å². The number of halogens is 2. The summed E-state index contributed by atoms with van der Waals surface area (Å²) in [6.45, 7) is 1.74. The molecule has 0 spiro atoms. The molecule has 2 N–H and O–H groups in total. The van der Waals surface area contributed by atoms with Crippen LogP contribution in [0.4, 0.5) is 4.39 Å². The number of hydrogen-bond donors (Lipinski definition) is 1. The van der Waals surface area contributed by atoms with Crippen LogP contribution in [0.5, 0.6) is 0 Å². The number of hydrogen-bond acceptors (Lipinski definition) is 1. The second-order valence-electron chi connectivity index (χ2n) is 4.04. The topological polar surface area (TPSA) is 26.0 Å². The molecule has 2 rings (SSSR count). The van der Waals surface area contributed by atoms with Gasteiger partial charge in [-0.2, -0.15) is 0 Å². The maximum atomic E-state index is 13.2. The van der Waals surface area contributed by atoms with Gasteiger partial charge in [0.25, 0.3) is 0 Å². The van der Waals surface area contributed by atoms with Crippen LogP contribution in [0.1, 0.15) is 22.7 Å². The Labute approximate surface area is 109 Å². The lowest BCUT2D eigenvalue weighted by atomic mass is 9.98. The largest absolute Gasteiger partial charge is 0.320 e. The molecule has 0 saturated carbocycles. The van der Waals surface area contributed by atoms with Crippen molar-refractivity contribution in [2.24, 2.45) is 5.73 Å². The molecule has 0 aliphatic rings. The van der Waals surface area contributed by atoms with E-state index in [0.717, 1.165) is 15.6 Å². The monoisotopic (exact) mass is 293 g/mol. The molecule has 0 bridgehead atoms. The highest BCUT2D eigenvalue weighted by Crippen LogP contribution is 2.22. The van der Waals surface area contributed by atoms with Gasteiger partial charge in [0.2, 0.25) is 0 Å². The van der Waals surface area contributed by atoms with Gasteiger partial charge in [-0.3, -0.25) is 0 Å². The summed E-state index contributed by atoms with van der Waals surface area (Å²) in [6.07, 6.45) is 0. The van der Waals surface area contributed by atoms with Gasteiger partial charge >= 0.3 is 0 Å². The maximum absolute atomic E-state index is 13.2. The predicted octanol–water partition coefficient (Wildman–Crippen LogP) is 3.94. The van der Waals surface area contributed by atoms with E-state index in [1.165, 1.54) is 6.07 Å². The van der Waals surface area contributed by atoms with Crippen molar-refractivity contribution in [1.82, 2.24) is 0 Å². The fourth-order valence-electron chi connectivity index (χ4n) is 1.72. The Bertz CT molecular complexity index is 522. The van der Waals surface area contributed by atoms with Gasteiger partial charge in [0.15, 0.2) is 0 Å². The molecule has 0 aliphatic carbocycles. The van der Waals surface area contributed by atoms with Crippen molar-refractivity contribution in [2.75, 3.05) is 0 Å². The van der Waals surface area contributed by atoms with Gasteiger partial charge in [-0.25, -0.2) is 4.39 Å². The lowest BCUT2D eigenvalue weighted by Gasteiger charge is -2.13. The number of aryl methyl sites for hydroxylation is 1. The first-order valence-corrected chi connectivity index (χ1v) is 6.14. The number of rotatable bonds is 2. The van der Waals surface area contributed by atoms with Gasteiger partial charge in [-0.05, 0) is 41.8 Å². The molecule has 0 aliphatic heterocycles. The fraction of sp³-hybridized carbons (Fsp3) is 0.143. The van der Waals surface area contributed by atoms with Crippen LogP contribution < -0.4 is 5.73 Å². The van der Waals surface area contributed by atoms with E-state index in [0.29, 0.717) is 5.56 Å². The zero-order valence-corrected chi connectivity index (χ0v) is 11.0. The molecule has 88 valence electrons. The molecule has 0 fully saturated rings. The first-order valence-electron chi connectivity index (χ1n) is 5.35. The molecule has 0 heterocycles. The minimum Gasteiger partial charge on any atom is -0.320 e. The number of benzene rings is 2. The molecule has 0 saturated heterocycles. The van der Waals surface area contributed by atoms with E-state index in [1.807, 2.05) is 24.3 Å². The molecule has 3 heteroatoms. The second kappa shape index (κ2) is 4.98. The normalized spacial score (nSPS) is 12.5. The average molecular weight is 294 g/mol. The van der Waals surface area contributed by atoms with Crippen LogP contribution in [0.3, 0.4) is 0 Å². The van der Waals surface area contributed by atoms with E-state index in [2.05, 4.69) is 15.9 Å². The van der Waals surface area contributed by atoms with Gasteiger partial charge in [-0.15, -0.1) is 0 Å². The molecule has 0 radical (unpaired) electrons. The van der Waals surface area contributed by atoms with Crippen molar-refractivity contribution in [2.45, 2.75) is 13.0 Å². The number of nitrogens with two attached hydrogens (primary N) is 1. The quantitative estimate of drug-likeness (QED) is 0.892. The summed E-state index contributed by atoms with van der Waals surface area (Å²) >= 11 is 3.38. The Morgan fingerprint density at radius 1 is 1.06 bits per heavy atom. The van der Waals surface area contributed by atoms with Gasteiger partial charge < -0.3 is 5.73 Å². The zero-order chi connectivity index (χ0) is 12.4. The van der Waals surface area contributed by atoms with Crippen molar-refractivity contribution in [3.63, 3.8) is 0 Å². The summed E-state index contributed by atoms with van der Waals surface area (Å²) < 4.78 is 14.2. The van der Waals surface area contributed by atoms with E-state index in [-0.39, 0.29) is 11.9 Å². The van der Waals surface area contributed by atoms with E-state index in [1.54, 1.807) is 19.1 Å². The lowest BCUT2D eigenvalue weighted by molar-refractivity contribution is 0.617. The summed E-state index contributed by atoms with van der Waals surface area (Å²) in [6, 6.07) is 12.6. The van der Waals surface area contributed by atoms with Crippen molar-refractivity contribution in [3.8, 4) is 0 Å². The van der Waals surface area contributed by atoms with E-state index in [4.69, 9.17) is 5.73 Å². The first-order chi connectivity index (χ1) is 8.08. The third kappa shape index (κ3) is 2.73. The van der Waals surface area contributed by atoms with Crippen LogP contribution in [0.2, 0.25) is 0 Å². The molecule has 0 amide bonds. The Morgan fingerprint density at radius 2 is 1.65 bits per heavy atom. The summed E-state index contributed by atoms with van der Waals surface area (Å²) in [7, 11) is 0. The maximum Gasteiger partial charge on any atom is 0.126 e. The Hall–Kier alpha value is -1.19. The minimum absolute atomic E-state index is 0.197. The van der Waals surface area contributed by atoms with E-state index >= 15 is 0 Å². The van der Waals surface area contributed by atoms with Gasteiger partial charge in [-0.1, -0.05) is 40.2 Å². The molecule has 1 nitrogen and oxygen atoms in total. The Kier molecular flexibility index (Phi) is 3.60. The first kappa shape index (κ1) is 12.3. The van der Waals surface area contributed by atoms with Crippen LogP contribution in [-0.2, 0) is 0 Å². The zero-order valence-electron chi connectivity index (χ0n) is 9.45. The SMILES string of the molecule is Cc1cc(C(N)c2ccc(Br)cc2)ccc1F. The van der Waals surface area contributed by atoms with Crippen LogP contribution in [0.25, 0.3) is 0 Å². The smallest absolute Gasteiger partial charge is 0.126 e. The molecule has 2 aromatic rings. The van der Waals surface area contributed by atoms with Gasteiger partial charge in [0.05, 0.1) is 6.04 Å². The lowest BCUT2D eigenvalue weighted by Crippen LogP contribution is -2.12. The van der Waals surface area contributed by atoms with Crippen LogP contribution >= 0.6 is 15.9 Å². The summed E-state index contributed by atoms with van der Waals surface area (Å²) in [4.78, 5) is 0. The Morgan fingerprint density at radius 3 is 2.24 bits per heavy atom. The van der Waals surface area contributed by atoms with Crippen molar-refractivity contribution >= 4 is 15.9 Å². The molecule has 2 aromatic carbocycles. The van der Waals surface area contributed by atoms with Crippen molar-refractivity contribution in [1.29, 1.82) is 0 Å². The summed E-state index contributed by atoms with van der Waals surface area (Å²) in [5, 5.41) is 0. The second-order valence-corrected chi connectivity index (χ2v) is 4.95. The highest BCUT2D eigenvalue weighted by atomic mass is 79.9. The molecular formula is C14H13BrFN. The fourth-order valence-corrected chi connectivity index (χ4v) is 1.99. The molecule has 17 heavy (non-hydrogen) atoms.